The molecule has 0 aliphatic heterocycles. The van der Waals surface area contributed by atoms with Crippen molar-refractivity contribution in [2.45, 2.75) is 38.3 Å². The highest BCUT2D eigenvalue weighted by Gasteiger charge is 2.29. The van der Waals surface area contributed by atoms with Gasteiger partial charge < -0.3 is 9.32 Å². The zero-order valence-corrected chi connectivity index (χ0v) is 15.3. The molecule has 0 atom stereocenters. The van der Waals surface area contributed by atoms with Crippen LogP contribution in [0, 0.1) is 0 Å². The van der Waals surface area contributed by atoms with Crippen LogP contribution in [-0.4, -0.2) is 16.8 Å². The van der Waals surface area contributed by atoms with Gasteiger partial charge in [0.25, 0.3) is 5.91 Å². The number of rotatable bonds is 4. The van der Waals surface area contributed by atoms with Crippen molar-refractivity contribution in [3.63, 3.8) is 0 Å². The number of amides is 1. The topological polar surface area (TPSA) is 33.5 Å². The SMILES string of the molecule is O=C(c1cc(Br)sc1Br)N(Cc1ccco1)C1CCCC1. The fourth-order valence-corrected chi connectivity index (χ4v) is 5.57. The van der Waals surface area contributed by atoms with E-state index in [2.05, 4.69) is 31.9 Å². The Kier molecular flexibility index (Phi) is 4.86. The van der Waals surface area contributed by atoms with E-state index in [4.69, 9.17) is 4.42 Å². The third-order valence-corrected chi connectivity index (χ3v) is 6.16. The summed E-state index contributed by atoms with van der Waals surface area (Å²) < 4.78 is 7.27. The molecule has 0 saturated heterocycles. The third kappa shape index (κ3) is 3.43. The molecule has 0 aromatic carbocycles. The molecule has 21 heavy (non-hydrogen) atoms. The first-order chi connectivity index (χ1) is 10.1. The van der Waals surface area contributed by atoms with Gasteiger partial charge >= 0.3 is 0 Å². The van der Waals surface area contributed by atoms with E-state index in [-0.39, 0.29) is 5.91 Å². The molecule has 2 aromatic rings. The van der Waals surface area contributed by atoms with Crippen molar-refractivity contribution in [1.82, 2.24) is 4.90 Å². The Labute approximate surface area is 144 Å². The number of thiophene rings is 1. The molecule has 6 heteroatoms. The number of carbonyl (C=O) groups excluding carboxylic acids is 1. The van der Waals surface area contributed by atoms with Gasteiger partial charge in [0.1, 0.15) is 5.76 Å². The second-order valence-corrected chi connectivity index (χ2v) is 8.94. The highest BCUT2D eigenvalue weighted by Crippen LogP contribution is 2.34. The summed E-state index contributed by atoms with van der Waals surface area (Å²) >= 11 is 8.46. The van der Waals surface area contributed by atoms with Crippen LogP contribution in [0.4, 0.5) is 0 Å². The molecule has 0 radical (unpaired) electrons. The van der Waals surface area contributed by atoms with Crippen LogP contribution >= 0.6 is 43.2 Å². The van der Waals surface area contributed by atoms with Gasteiger partial charge in [-0.3, -0.25) is 4.79 Å². The van der Waals surface area contributed by atoms with E-state index in [0.717, 1.165) is 31.7 Å². The van der Waals surface area contributed by atoms with Gasteiger partial charge in [-0.2, -0.15) is 0 Å². The highest BCUT2D eigenvalue weighted by molar-refractivity contribution is 9.12. The fourth-order valence-electron chi connectivity index (χ4n) is 2.79. The van der Waals surface area contributed by atoms with Crippen molar-refractivity contribution in [1.29, 1.82) is 0 Å². The molecule has 1 aliphatic carbocycles. The summed E-state index contributed by atoms with van der Waals surface area (Å²) in [5.74, 6) is 0.910. The summed E-state index contributed by atoms with van der Waals surface area (Å²) in [5, 5.41) is 0. The van der Waals surface area contributed by atoms with Gasteiger partial charge in [0, 0.05) is 6.04 Å². The molecular weight excluding hydrogens is 418 g/mol. The van der Waals surface area contributed by atoms with E-state index in [1.165, 1.54) is 24.2 Å². The molecule has 2 aromatic heterocycles. The quantitative estimate of drug-likeness (QED) is 0.643. The molecular formula is C15H15Br2NO2S. The lowest BCUT2D eigenvalue weighted by atomic mass is 10.1. The number of carbonyl (C=O) groups is 1. The first-order valence-corrected chi connectivity index (χ1v) is 9.33. The van der Waals surface area contributed by atoms with Crippen LogP contribution in [0.1, 0.15) is 41.8 Å². The Morgan fingerprint density at radius 1 is 1.38 bits per heavy atom. The van der Waals surface area contributed by atoms with Crippen LogP contribution in [0.2, 0.25) is 0 Å². The van der Waals surface area contributed by atoms with Gasteiger partial charge in [-0.25, -0.2) is 0 Å². The van der Waals surface area contributed by atoms with Crippen molar-refractivity contribution >= 4 is 49.1 Å². The molecule has 3 rings (SSSR count). The lowest BCUT2D eigenvalue weighted by Crippen LogP contribution is -2.38. The summed E-state index contributed by atoms with van der Waals surface area (Å²) in [6.07, 6.45) is 6.21. The van der Waals surface area contributed by atoms with Gasteiger partial charge in [0.2, 0.25) is 0 Å². The summed E-state index contributed by atoms with van der Waals surface area (Å²) in [7, 11) is 0. The predicted octanol–water partition coefficient (Wildman–Crippen LogP) is 5.45. The second kappa shape index (κ2) is 6.67. The minimum atomic E-state index is 0.0760. The fraction of sp³-hybridized carbons (Fsp3) is 0.400. The molecule has 0 spiro atoms. The maximum Gasteiger partial charge on any atom is 0.256 e. The molecule has 2 heterocycles. The lowest BCUT2D eigenvalue weighted by Gasteiger charge is -2.28. The van der Waals surface area contributed by atoms with Crippen LogP contribution in [0.3, 0.4) is 0 Å². The van der Waals surface area contributed by atoms with Crippen LogP contribution in [0.5, 0.6) is 0 Å². The molecule has 0 N–H and O–H groups in total. The maximum atomic E-state index is 12.9. The van der Waals surface area contributed by atoms with E-state index < -0.39 is 0 Å². The zero-order valence-electron chi connectivity index (χ0n) is 11.4. The van der Waals surface area contributed by atoms with Crippen LogP contribution in [0.15, 0.2) is 36.5 Å². The van der Waals surface area contributed by atoms with E-state index >= 15 is 0 Å². The van der Waals surface area contributed by atoms with Crippen molar-refractivity contribution in [2.24, 2.45) is 0 Å². The zero-order chi connectivity index (χ0) is 14.8. The Morgan fingerprint density at radius 2 is 2.14 bits per heavy atom. The number of nitrogens with zero attached hydrogens (tertiary/aromatic N) is 1. The largest absolute Gasteiger partial charge is 0.467 e. The Morgan fingerprint density at radius 3 is 2.71 bits per heavy atom. The smallest absolute Gasteiger partial charge is 0.256 e. The lowest BCUT2D eigenvalue weighted by molar-refractivity contribution is 0.0648. The molecule has 0 bridgehead atoms. The molecule has 1 fully saturated rings. The van der Waals surface area contributed by atoms with E-state index in [1.54, 1.807) is 6.26 Å². The average Bonchev–Trinajstić information content (AvgIpc) is 3.16. The highest BCUT2D eigenvalue weighted by atomic mass is 79.9. The average molecular weight is 433 g/mol. The second-order valence-electron chi connectivity index (χ2n) is 5.19. The predicted molar refractivity (Wildman–Crippen MR) is 90.6 cm³/mol. The number of hydrogen-bond donors (Lipinski definition) is 0. The molecule has 1 aliphatic rings. The normalized spacial score (nSPS) is 15.5. The Hall–Kier alpha value is -0.590. The van der Waals surface area contributed by atoms with Crippen molar-refractivity contribution in [3.8, 4) is 0 Å². The monoisotopic (exact) mass is 431 g/mol. The number of hydrogen-bond acceptors (Lipinski definition) is 3. The van der Waals surface area contributed by atoms with Crippen molar-refractivity contribution in [2.75, 3.05) is 0 Å². The van der Waals surface area contributed by atoms with Gasteiger partial charge in [-0.1, -0.05) is 12.8 Å². The Balaban J connectivity index is 1.86. The van der Waals surface area contributed by atoms with Crippen LogP contribution in [-0.2, 0) is 6.54 Å². The van der Waals surface area contributed by atoms with Crippen LogP contribution < -0.4 is 0 Å². The molecule has 1 amide bonds. The molecule has 112 valence electrons. The first-order valence-electron chi connectivity index (χ1n) is 6.93. The van der Waals surface area contributed by atoms with Crippen molar-refractivity contribution in [3.05, 3.63) is 43.4 Å². The number of halogens is 2. The van der Waals surface area contributed by atoms with Crippen LogP contribution in [0.25, 0.3) is 0 Å². The summed E-state index contributed by atoms with van der Waals surface area (Å²) in [4.78, 5) is 14.9. The summed E-state index contributed by atoms with van der Waals surface area (Å²) in [5.41, 5.74) is 0.727. The molecule has 0 unspecified atom stereocenters. The minimum absolute atomic E-state index is 0.0760. The third-order valence-electron chi connectivity index (χ3n) is 3.82. The molecule has 3 nitrogen and oxygen atoms in total. The molecule has 1 saturated carbocycles. The van der Waals surface area contributed by atoms with Gasteiger partial charge in [0.15, 0.2) is 0 Å². The first kappa shape index (κ1) is 15.3. The minimum Gasteiger partial charge on any atom is -0.467 e. The number of furan rings is 1. The van der Waals surface area contributed by atoms with Gasteiger partial charge in [0.05, 0.1) is 25.9 Å². The van der Waals surface area contributed by atoms with E-state index in [9.17, 15) is 4.79 Å². The van der Waals surface area contributed by atoms with E-state index in [0.29, 0.717) is 12.6 Å². The maximum absolute atomic E-state index is 12.9. The standard InChI is InChI=1S/C15H15Br2NO2S/c16-13-8-12(14(17)21-13)15(19)18(10-4-1-2-5-10)9-11-6-3-7-20-11/h3,6-8,10H,1-2,4-5,9H2. The van der Waals surface area contributed by atoms with Crippen molar-refractivity contribution < 1.29 is 9.21 Å². The van der Waals surface area contributed by atoms with Gasteiger partial charge in [-0.15, -0.1) is 11.3 Å². The summed E-state index contributed by atoms with van der Waals surface area (Å²) in [6, 6.07) is 5.99. The summed E-state index contributed by atoms with van der Waals surface area (Å²) in [6.45, 7) is 0.538. The van der Waals surface area contributed by atoms with Gasteiger partial charge in [-0.05, 0) is 62.9 Å². The Bertz CT molecular complexity index is 618. The van der Waals surface area contributed by atoms with E-state index in [1.807, 2.05) is 23.1 Å².